The summed E-state index contributed by atoms with van der Waals surface area (Å²) in [5, 5.41) is 8.59. The second kappa shape index (κ2) is 7.40. The Balaban J connectivity index is 3.09. The summed E-state index contributed by atoms with van der Waals surface area (Å²) in [5.41, 5.74) is 9.06. The average molecular weight is 266 g/mol. The normalized spacial score (nSPS) is 11.1. The standard InChI is InChI=1S/C14H26N4O/c1-10(2)9-18(6-7-19-5)14-13(8-15)11(3)12(4)16-17-14/h10H,6-9,15H2,1-5H3. The second-order valence-electron chi connectivity index (χ2n) is 5.25. The highest BCUT2D eigenvalue weighted by atomic mass is 16.5. The van der Waals surface area contributed by atoms with Crippen LogP contribution >= 0.6 is 0 Å². The van der Waals surface area contributed by atoms with Crippen molar-refractivity contribution in [2.24, 2.45) is 11.7 Å². The van der Waals surface area contributed by atoms with Gasteiger partial charge >= 0.3 is 0 Å². The van der Waals surface area contributed by atoms with Crippen molar-refractivity contribution < 1.29 is 4.74 Å². The van der Waals surface area contributed by atoms with E-state index < -0.39 is 0 Å². The number of nitrogens with two attached hydrogens (primary N) is 1. The number of aryl methyl sites for hydroxylation is 1. The molecule has 0 radical (unpaired) electrons. The number of hydrogen-bond acceptors (Lipinski definition) is 5. The molecule has 0 bridgehead atoms. The molecule has 0 amide bonds. The van der Waals surface area contributed by atoms with Crippen LogP contribution in [0.1, 0.15) is 30.7 Å². The maximum Gasteiger partial charge on any atom is 0.156 e. The van der Waals surface area contributed by atoms with Gasteiger partial charge < -0.3 is 15.4 Å². The van der Waals surface area contributed by atoms with E-state index in [0.29, 0.717) is 19.1 Å². The van der Waals surface area contributed by atoms with Crippen molar-refractivity contribution in [2.45, 2.75) is 34.2 Å². The van der Waals surface area contributed by atoms with Gasteiger partial charge in [-0.1, -0.05) is 13.8 Å². The fourth-order valence-corrected chi connectivity index (χ4v) is 2.07. The lowest BCUT2D eigenvalue weighted by molar-refractivity contribution is 0.204. The third-order valence-corrected chi connectivity index (χ3v) is 3.21. The number of ether oxygens (including phenoxy) is 1. The van der Waals surface area contributed by atoms with Gasteiger partial charge in [0.2, 0.25) is 0 Å². The Bertz CT molecular complexity index is 407. The Labute approximate surface area is 116 Å². The number of anilines is 1. The van der Waals surface area contributed by atoms with Crippen LogP contribution in [0.2, 0.25) is 0 Å². The minimum atomic E-state index is 0.485. The highest BCUT2D eigenvalue weighted by Crippen LogP contribution is 2.22. The highest BCUT2D eigenvalue weighted by Gasteiger charge is 2.17. The van der Waals surface area contributed by atoms with Crippen LogP contribution in [-0.2, 0) is 11.3 Å². The molecule has 0 unspecified atom stereocenters. The third kappa shape index (κ3) is 4.14. The van der Waals surface area contributed by atoms with Gasteiger partial charge in [0.15, 0.2) is 5.82 Å². The lowest BCUT2D eigenvalue weighted by Gasteiger charge is -2.27. The highest BCUT2D eigenvalue weighted by molar-refractivity contribution is 5.50. The summed E-state index contributed by atoms with van der Waals surface area (Å²) in [6.07, 6.45) is 0. The van der Waals surface area contributed by atoms with Gasteiger partial charge in [-0.15, -0.1) is 5.10 Å². The molecule has 0 fully saturated rings. The van der Waals surface area contributed by atoms with E-state index in [1.54, 1.807) is 7.11 Å². The van der Waals surface area contributed by atoms with Crippen LogP contribution in [0.5, 0.6) is 0 Å². The predicted molar refractivity (Wildman–Crippen MR) is 78.3 cm³/mol. The van der Waals surface area contributed by atoms with Crippen LogP contribution in [0.25, 0.3) is 0 Å². The number of methoxy groups -OCH3 is 1. The fraction of sp³-hybridized carbons (Fsp3) is 0.714. The molecule has 5 heteroatoms. The van der Waals surface area contributed by atoms with Crippen molar-refractivity contribution in [3.63, 3.8) is 0 Å². The first-order valence-electron chi connectivity index (χ1n) is 6.77. The maximum absolute atomic E-state index is 5.89. The van der Waals surface area contributed by atoms with Gasteiger partial charge in [0.25, 0.3) is 0 Å². The van der Waals surface area contributed by atoms with Crippen molar-refractivity contribution in [2.75, 3.05) is 31.7 Å². The summed E-state index contributed by atoms with van der Waals surface area (Å²) < 4.78 is 5.18. The maximum atomic E-state index is 5.89. The zero-order valence-corrected chi connectivity index (χ0v) is 12.7. The van der Waals surface area contributed by atoms with Gasteiger partial charge in [-0.05, 0) is 25.3 Å². The number of rotatable bonds is 7. The van der Waals surface area contributed by atoms with Crippen molar-refractivity contribution in [3.8, 4) is 0 Å². The van der Waals surface area contributed by atoms with Crippen LogP contribution in [0, 0.1) is 19.8 Å². The first kappa shape index (κ1) is 15.9. The van der Waals surface area contributed by atoms with Gasteiger partial charge in [-0.25, -0.2) is 0 Å². The monoisotopic (exact) mass is 266 g/mol. The van der Waals surface area contributed by atoms with E-state index in [1.807, 2.05) is 6.92 Å². The van der Waals surface area contributed by atoms with E-state index >= 15 is 0 Å². The van der Waals surface area contributed by atoms with Crippen molar-refractivity contribution in [3.05, 3.63) is 16.8 Å². The van der Waals surface area contributed by atoms with Gasteiger partial charge in [0, 0.05) is 32.3 Å². The molecule has 0 aromatic carbocycles. The quantitative estimate of drug-likeness (QED) is 0.813. The third-order valence-electron chi connectivity index (χ3n) is 3.21. The summed E-state index contributed by atoms with van der Waals surface area (Å²) in [4.78, 5) is 2.22. The minimum Gasteiger partial charge on any atom is -0.383 e. The molecule has 1 aromatic heterocycles. The molecule has 0 aliphatic carbocycles. The van der Waals surface area contributed by atoms with Crippen molar-refractivity contribution >= 4 is 5.82 Å². The second-order valence-corrected chi connectivity index (χ2v) is 5.25. The first-order valence-corrected chi connectivity index (χ1v) is 6.77. The zero-order chi connectivity index (χ0) is 14.4. The van der Waals surface area contributed by atoms with Gasteiger partial charge in [0.1, 0.15) is 0 Å². The first-order chi connectivity index (χ1) is 9.01. The molecule has 5 nitrogen and oxygen atoms in total. The molecule has 1 aromatic rings. The molecule has 0 aliphatic rings. The Morgan fingerprint density at radius 2 is 1.95 bits per heavy atom. The van der Waals surface area contributed by atoms with Crippen molar-refractivity contribution in [1.82, 2.24) is 10.2 Å². The molecular formula is C14H26N4O. The summed E-state index contributed by atoms with van der Waals surface area (Å²) in [6, 6.07) is 0. The Morgan fingerprint density at radius 1 is 1.26 bits per heavy atom. The molecule has 1 rings (SSSR count). The molecule has 2 N–H and O–H groups in total. The van der Waals surface area contributed by atoms with Crippen molar-refractivity contribution in [1.29, 1.82) is 0 Å². The van der Waals surface area contributed by atoms with Crippen LogP contribution in [-0.4, -0.2) is 37.0 Å². The van der Waals surface area contributed by atoms with E-state index in [1.165, 1.54) is 0 Å². The van der Waals surface area contributed by atoms with E-state index in [2.05, 4.69) is 35.9 Å². The molecule has 108 valence electrons. The summed E-state index contributed by atoms with van der Waals surface area (Å²) in [6.45, 7) is 11.3. The number of nitrogens with zero attached hydrogens (tertiary/aromatic N) is 3. The number of aromatic nitrogens is 2. The Kier molecular flexibility index (Phi) is 6.18. The summed E-state index contributed by atoms with van der Waals surface area (Å²) >= 11 is 0. The molecule has 0 saturated carbocycles. The number of hydrogen-bond donors (Lipinski definition) is 1. The molecule has 19 heavy (non-hydrogen) atoms. The smallest absolute Gasteiger partial charge is 0.156 e. The molecular weight excluding hydrogens is 240 g/mol. The van der Waals surface area contributed by atoms with Crippen LogP contribution in [0.4, 0.5) is 5.82 Å². The van der Waals surface area contributed by atoms with E-state index in [9.17, 15) is 0 Å². The minimum absolute atomic E-state index is 0.485. The lowest BCUT2D eigenvalue weighted by atomic mass is 10.1. The summed E-state index contributed by atoms with van der Waals surface area (Å²) in [5.74, 6) is 1.45. The van der Waals surface area contributed by atoms with E-state index in [-0.39, 0.29) is 0 Å². The molecule has 1 heterocycles. The lowest BCUT2D eigenvalue weighted by Crippen LogP contribution is -2.33. The van der Waals surface area contributed by atoms with E-state index in [4.69, 9.17) is 10.5 Å². The topological polar surface area (TPSA) is 64.3 Å². The predicted octanol–water partition coefficient (Wildman–Crippen LogP) is 1.66. The van der Waals surface area contributed by atoms with Crippen LogP contribution in [0.3, 0.4) is 0 Å². The molecule has 0 saturated heterocycles. The SMILES string of the molecule is COCCN(CC(C)C)c1nnc(C)c(C)c1CN. The summed E-state index contributed by atoms with van der Waals surface area (Å²) in [7, 11) is 1.71. The van der Waals surface area contributed by atoms with Gasteiger partial charge in [0.05, 0.1) is 12.3 Å². The molecule has 0 atom stereocenters. The van der Waals surface area contributed by atoms with E-state index in [0.717, 1.165) is 35.7 Å². The van der Waals surface area contributed by atoms with Gasteiger partial charge in [-0.2, -0.15) is 5.10 Å². The fourth-order valence-electron chi connectivity index (χ4n) is 2.07. The Hall–Kier alpha value is -1.20. The van der Waals surface area contributed by atoms with Crippen LogP contribution in [0.15, 0.2) is 0 Å². The Morgan fingerprint density at radius 3 is 2.47 bits per heavy atom. The molecule has 0 spiro atoms. The van der Waals surface area contributed by atoms with Crippen LogP contribution < -0.4 is 10.6 Å². The van der Waals surface area contributed by atoms with Gasteiger partial charge in [-0.3, -0.25) is 0 Å². The average Bonchev–Trinajstić information content (AvgIpc) is 2.37. The molecule has 0 aliphatic heterocycles. The zero-order valence-electron chi connectivity index (χ0n) is 12.7. The largest absolute Gasteiger partial charge is 0.383 e.